The van der Waals surface area contributed by atoms with Gasteiger partial charge in [-0.3, -0.25) is 0 Å². The minimum absolute atomic E-state index is 0. The van der Waals surface area contributed by atoms with Crippen LogP contribution >= 0.6 is 24.0 Å². The highest BCUT2D eigenvalue weighted by molar-refractivity contribution is 14.0. The first-order valence-electron chi connectivity index (χ1n) is 8.25. The monoisotopic (exact) mass is 432 g/mol. The van der Waals surface area contributed by atoms with E-state index in [1.165, 1.54) is 25.7 Å². The number of aliphatic imine (C=N–C) groups is 1. The van der Waals surface area contributed by atoms with E-state index in [9.17, 15) is 0 Å². The van der Waals surface area contributed by atoms with E-state index in [0.717, 1.165) is 36.9 Å². The molecule has 0 spiro atoms. The van der Waals surface area contributed by atoms with Gasteiger partial charge in [0.25, 0.3) is 0 Å². The molecular formula is C16H29IN6. The lowest BCUT2D eigenvalue weighted by atomic mass is 10.2. The molecule has 0 radical (unpaired) electrons. The Morgan fingerprint density at radius 1 is 1.43 bits per heavy atom. The fraction of sp³-hybridized carbons (Fsp3) is 0.688. The Morgan fingerprint density at radius 3 is 2.83 bits per heavy atom. The van der Waals surface area contributed by atoms with Gasteiger partial charge in [-0.25, -0.2) is 4.99 Å². The number of hydrogen-bond donors (Lipinski definition) is 2. The number of nitrogens with one attached hydrogen (secondary N) is 2. The van der Waals surface area contributed by atoms with Gasteiger partial charge in [0.1, 0.15) is 12.2 Å². The van der Waals surface area contributed by atoms with Crippen LogP contribution in [0.5, 0.6) is 0 Å². The zero-order chi connectivity index (χ0) is 15.8. The number of halogens is 1. The second kappa shape index (κ2) is 10.6. The van der Waals surface area contributed by atoms with Crippen LogP contribution in [0.25, 0.3) is 0 Å². The number of nitrogens with zero attached hydrogens (tertiary/aromatic N) is 4. The average molecular weight is 432 g/mol. The quantitative estimate of drug-likeness (QED) is 0.301. The predicted molar refractivity (Wildman–Crippen MR) is 105 cm³/mol. The molecule has 1 aromatic heterocycles. The third-order valence-corrected chi connectivity index (χ3v) is 3.86. The molecule has 2 rings (SSSR count). The van der Waals surface area contributed by atoms with Gasteiger partial charge in [-0.1, -0.05) is 31.9 Å². The molecule has 1 fully saturated rings. The highest BCUT2D eigenvalue weighted by atomic mass is 127. The Balaban J connectivity index is 0.00000264. The average Bonchev–Trinajstić information content (AvgIpc) is 3.15. The van der Waals surface area contributed by atoms with Crippen molar-refractivity contribution >= 4 is 29.9 Å². The fourth-order valence-electron chi connectivity index (χ4n) is 2.66. The molecule has 1 aliphatic rings. The van der Waals surface area contributed by atoms with Crippen LogP contribution in [0.1, 0.15) is 45.4 Å². The van der Waals surface area contributed by atoms with Crippen molar-refractivity contribution < 1.29 is 0 Å². The number of aryl methyl sites for hydroxylation is 1. The summed E-state index contributed by atoms with van der Waals surface area (Å²) in [4.78, 5) is 4.60. The normalized spacial score (nSPS) is 15.3. The van der Waals surface area contributed by atoms with E-state index >= 15 is 0 Å². The topological polar surface area (TPSA) is 67.1 Å². The fourth-order valence-corrected chi connectivity index (χ4v) is 2.66. The van der Waals surface area contributed by atoms with Crippen LogP contribution in [-0.2, 0) is 13.0 Å². The lowest BCUT2D eigenvalue weighted by Crippen LogP contribution is -2.43. The molecular weight excluding hydrogens is 403 g/mol. The molecule has 1 aliphatic carbocycles. The van der Waals surface area contributed by atoms with E-state index in [-0.39, 0.29) is 24.0 Å². The molecule has 0 aromatic carbocycles. The van der Waals surface area contributed by atoms with Crippen molar-refractivity contribution in [2.45, 2.75) is 58.5 Å². The molecule has 0 unspecified atom stereocenters. The zero-order valence-corrected chi connectivity index (χ0v) is 16.5. The summed E-state index contributed by atoms with van der Waals surface area (Å²) in [7, 11) is 0. The minimum Gasteiger partial charge on any atom is -0.355 e. The van der Waals surface area contributed by atoms with Crippen LogP contribution < -0.4 is 10.6 Å². The third-order valence-electron chi connectivity index (χ3n) is 3.86. The van der Waals surface area contributed by atoms with Crippen molar-refractivity contribution in [3.05, 3.63) is 24.3 Å². The molecule has 130 valence electrons. The van der Waals surface area contributed by atoms with Gasteiger partial charge >= 0.3 is 0 Å². The standard InChI is InChI=1S/C16H28N6.HI/c1-4-15-21-19-12-22(15)10-9-17-16(18-11-13(2)3)20-14-7-5-6-8-14;/h12,14H,2,4-11H2,1,3H3,(H2,17,18,20);1H. The molecule has 0 saturated heterocycles. The molecule has 2 N–H and O–H groups in total. The first-order chi connectivity index (χ1) is 10.7. The van der Waals surface area contributed by atoms with Gasteiger partial charge in [-0.05, 0) is 19.8 Å². The van der Waals surface area contributed by atoms with Crippen LogP contribution in [0.4, 0.5) is 0 Å². The molecule has 1 aromatic rings. The van der Waals surface area contributed by atoms with Gasteiger partial charge in [0.2, 0.25) is 0 Å². The molecule has 1 saturated carbocycles. The van der Waals surface area contributed by atoms with Gasteiger partial charge in [-0.15, -0.1) is 34.2 Å². The van der Waals surface area contributed by atoms with Gasteiger partial charge in [-0.2, -0.15) is 0 Å². The number of aromatic nitrogens is 3. The largest absolute Gasteiger partial charge is 0.355 e. The van der Waals surface area contributed by atoms with E-state index < -0.39 is 0 Å². The van der Waals surface area contributed by atoms with Crippen LogP contribution in [0.3, 0.4) is 0 Å². The maximum atomic E-state index is 4.60. The summed E-state index contributed by atoms with van der Waals surface area (Å²) >= 11 is 0. The summed E-state index contributed by atoms with van der Waals surface area (Å²) in [6.07, 6.45) is 7.78. The minimum atomic E-state index is 0. The van der Waals surface area contributed by atoms with E-state index in [1.54, 1.807) is 6.33 Å². The second-order valence-corrected chi connectivity index (χ2v) is 5.97. The van der Waals surface area contributed by atoms with Crippen molar-refractivity contribution in [3.8, 4) is 0 Å². The van der Waals surface area contributed by atoms with E-state index in [1.807, 2.05) is 6.92 Å². The second-order valence-electron chi connectivity index (χ2n) is 5.97. The van der Waals surface area contributed by atoms with Crippen LogP contribution in [0.2, 0.25) is 0 Å². The Labute approximate surface area is 156 Å². The van der Waals surface area contributed by atoms with Gasteiger partial charge < -0.3 is 15.2 Å². The Hall–Kier alpha value is -1.12. The summed E-state index contributed by atoms with van der Waals surface area (Å²) in [6.45, 7) is 10.3. The lowest BCUT2D eigenvalue weighted by molar-refractivity contribution is 0.593. The van der Waals surface area contributed by atoms with Gasteiger partial charge in [0.05, 0.1) is 6.54 Å². The smallest absolute Gasteiger partial charge is 0.191 e. The van der Waals surface area contributed by atoms with Crippen molar-refractivity contribution in [1.82, 2.24) is 25.4 Å². The van der Waals surface area contributed by atoms with E-state index in [0.29, 0.717) is 12.6 Å². The predicted octanol–water partition coefficient (Wildman–Crippen LogP) is 2.51. The van der Waals surface area contributed by atoms with Crippen LogP contribution in [0.15, 0.2) is 23.5 Å². The van der Waals surface area contributed by atoms with Gasteiger partial charge in [0, 0.05) is 25.6 Å². The van der Waals surface area contributed by atoms with E-state index in [2.05, 4.69) is 43.9 Å². The van der Waals surface area contributed by atoms with Gasteiger partial charge in [0.15, 0.2) is 5.96 Å². The summed E-state index contributed by atoms with van der Waals surface area (Å²) in [5, 5.41) is 15.0. The van der Waals surface area contributed by atoms with Crippen molar-refractivity contribution in [3.63, 3.8) is 0 Å². The summed E-state index contributed by atoms with van der Waals surface area (Å²) in [5.41, 5.74) is 1.07. The molecule has 0 bridgehead atoms. The SMILES string of the molecule is C=C(C)CN=C(NCCn1cnnc1CC)NC1CCCC1.I. The lowest BCUT2D eigenvalue weighted by Gasteiger charge is -2.17. The molecule has 0 aliphatic heterocycles. The molecule has 6 nitrogen and oxygen atoms in total. The maximum absolute atomic E-state index is 4.60. The maximum Gasteiger partial charge on any atom is 0.191 e. The Kier molecular flexibility index (Phi) is 9.20. The summed E-state index contributed by atoms with van der Waals surface area (Å²) in [5.74, 6) is 1.91. The number of guanidine groups is 1. The first kappa shape index (κ1) is 19.9. The van der Waals surface area contributed by atoms with Crippen molar-refractivity contribution in [2.24, 2.45) is 4.99 Å². The summed E-state index contributed by atoms with van der Waals surface area (Å²) in [6, 6.07) is 0.553. The summed E-state index contributed by atoms with van der Waals surface area (Å²) < 4.78 is 2.08. The number of rotatable bonds is 7. The third kappa shape index (κ3) is 6.88. The van der Waals surface area contributed by atoms with Crippen molar-refractivity contribution in [2.75, 3.05) is 13.1 Å². The van der Waals surface area contributed by atoms with Crippen molar-refractivity contribution in [1.29, 1.82) is 0 Å². The molecule has 23 heavy (non-hydrogen) atoms. The highest BCUT2D eigenvalue weighted by Crippen LogP contribution is 2.17. The van der Waals surface area contributed by atoms with Crippen LogP contribution in [0, 0.1) is 0 Å². The Morgan fingerprint density at radius 2 is 2.17 bits per heavy atom. The Bertz CT molecular complexity index is 504. The van der Waals surface area contributed by atoms with E-state index in [4.69, 9.17) is 0 Å². The molecule has 7 heteroatoms. The first-order valence-corrected chi connectivity index (χ1v) is 8.25. The van der Waals surface area contributed by atoms with Crippen LogP contribution in [-0.4, -0.2) is 39.9 Å². The molecule has 0 atom stereocenters. The number of hydrogen-bond acceptors (Lipinski definition) is 3. The molecule has 0 amide bonds. The highest BCUT2D eigenvalue weighted by Gasteiger charge is 2.16. The molecule has 1 heterocycles. The zero-order valence-electron chi connectivity index (χ0n) is 14.2.